The Morgan fingerprint density at radius 3 is 3.00 bits per heavy atom. The summed E-state index contributed by atoms with van der Waals surface area (Å²) in [6.07, 6.45) is 0.861. The van der Waals surface area contributed by atoms with Gasteiger partial charge in [-0.3, -0.25) is 0 Å². The molecular weight excluding hydrogens is 233 g/mol. The molecule has 0 radical (unpaired) electrons. The van der Waals surface area contributed by atoms with Crippen molar-refractivity contribution in [3.8, 4) is 0 Å². The van der Waals surface area contributed by atoms with Crippen molar-refractivity contribution >= 4 is 23.2 Å². The summed E-state index contributed by atoms with van der Waals surface area (Å²) >= 11 is 12.1. The molecule has 1 aliphatic rings. The van der Waals surface area contributed by atoms with E-state index in [-0.39, 0.29) is 0 Å². The van der Waals surface area contributed by atoms with Crippen LogP contribution in [0.2, 0.25) is 10.0 Å². The van der Waals surface area contributed by atoms with Gasteiger partial charge in [0.05, 0.1) is 23.3 Å². The monoisotopic (exact) mass is 245 g/mol. The van der Waals surface area contributed by atoms with Crippen LogP contribution in [-0.2, 0) is 11.2 Å². The quantitative estimate of drug-likeness (QED) is 0.865. The van der Waals surface area contributed by atoms with Gasteiger partial charge in [0.25, 0.3) is 0 Å². The Hall–Kier alpha value is -0.280. The van der Waals surface area contributed by atoms with Crippen LogP contribution >= 0.6 is 23.2 Å². The van der Waals surface area contributed by atoms with Crippen LogP contribution in [-0.4, -0.2) is 25.8 Å². The van der Waals surface area contributed by atoms with Gasteiger partial charge in [0.1, 0.15) is 0 Å². The third-order valence-electron chi connectivity index (χ3n) is 2.50. The van der Waals surface area contributed by atoms with Gasteiger partial charge in [0.2, 0.25) is 0 Å². The number of ether oxygens (including phenoxy) is 1. The van der Waals surface area contributed by atoms with E-state index in [0.717, 1.165) is 31.7 Å². The van der Waals surface area contributed by atoms with Gasteiger partial charge in [-0.25, -0.2) is 0 Å². The molecule has 0 aliphatic carbocycles. The van der Waals surface area contributed by atoms with Crippen molar-refractivity contribution in [3.63, 3.8) is 0 Å². The average molecular weight is 246 g/mol. The van der Waals surface area contributed by atoms with Crippen LogP contribution < -0.4 is 5.32 Å². The minimum atomic E-state index is 0.342. The normalized spacial score (nSPS) is 21.6. The van der Waals surface area contributed by atoms with E-state index in [0.29, 0.717) is 16.1 Å². The number of hydrogen-bond donors (Lipinski definition) is 1. The predicted octanol–water partition coefficient (Wildman–Crippen LogP) is 2.52. The molecular formula is C11H13Cl2NO. The second-order valence-corrected chi connectivity index (χ2v) is 4.43. The van der Waals surface area contributed by atoms with Crippen LogP contribution in [0.25, 0.3) is 0 Å². The summed E-state index contributed by atoms with van der Waals surface area (Å²) in [5.41, 5.74) is 1.08. The third kappa shape index (κ3) is 2.85. The molecule has 1 aromatic carbocycles. The van der Waals surface area contributed by atoms with E-state index in [1.807, 2.05) is 12.1 Å². The Balaban J connectivity index is 2.06. The number of benzene rings is 1. The molecule has 1 atom stereocenters. The predicted molar refractivity (Wildman–Crippen MR) is 62.8 cm³/mol. The highest BCUT2D eigenvalue weighted by atomic mass is 35.5. The fourth-order valence-electron chi connectivity index (χ4n) is 1.72. The largest absolute Gasteiger partial charge is 0.379 e. The van der Waals surface area contributed by atoms with Crippen LogP contribution in [0.5, 0.6) is 0 Å². The molecule has 15 heavy (non-hydrogen) atoms. The first-order valence-electron chi connectivity index (χ1n) is 5.01. The number of rotatable bonds is 2. The molecule has 4 heteroatoms. The van der Waals surface area contributed by atoms with Crippen LogP contribution in [0.1, 0.15) is 5.56 Å². The van der Waals surface area contributed by atoms with Crippen molar-refractivity contribution < 1.29 is 4.74 Å². The van der Waals surface area contributed by atoms with Crippen molar-refractivity contribution in [2.75, 3.05) is 19.8 Å². The van der Waals surface area contributed by atoms with Crippen LogP contribution in [0.3, 0.4) is 0 Å². The molecule has 1 aliphatic heterocycles. The molecule has 1 saturated heterocycles. The molecule has 1 N–H and O–H groups in total. The minimum Gasteiger partial charge on any atom is -0.379 e. The standard InChI is InChI=1S/C11H13Cl2NO/c12-10-3-1-2-8(11(10)13)6-9-7-15-5-4-14-9/h1-3,9,14H,4-7H2. The van der Waals surface area contributed by atoms with E-state index >= 15 is 0 Å². The Morgan fingerprint density at radius 2 is 2.27 bits per heavy atom. The maximum Gasteiger partial charge on any atom is 0.0624 e. The second kappa shape index (κ2) is 5.17. The molecule has 82 valence electrons. The minimum absolute atomic E-state index is 0.342. The zero-order valence-electron chi connectivity index (χ0n) is 8.30. The summed E-state index contributed by atoms with van der Waals surface area (Å²) in [5, 5.41) is 4.66. The van der Waals surface area contributed by atoms with Gasteiger partial charge in [-0.05, 0) is 18.1 Å². The van der Waals surface area contributed by atoms with E-state index < -0.39 is 0 Å². The lowest BCUT2D eigenvalue weighted by Gasteiger charge is -2.24. The number of halogens is 2. The maximum absolute atomic E-state index is 6.11. The van der Waals surface area contributed by atoms with Gasteiger partial charge in [-0.2, -0.15) is 0 Å². The van der Waals surface area contributed by atoms with Crippen molar-refractivity contribution in [2.24, 2.45) is 0 Å². The van der Waals surface area contributed by atoms with Gasteiger partial charge in [-0.1, -0.05) is 35.3 Å². The van der Waals surface area contributed by atoms with Gasteiger partial charge >= 0.3 is 0 Å². The Morgan fingerprint density at radius 1 is 1.40 bits per heavy atom. The molecule has 0 saturated carbocycles. The molecule has 0 amide bonds. The van der Waals surface area contributed by atoms with Crippen molar-refractivity contribution in [1.82, 2.24) is 5.32 Å². The fourth-order valence-corrected chi connectivity index (χ4v) is 2.12. The molecule has 0 spiro atoms. The number of hydrogen-bond acceptors (Lipinski definition) is 2. The smallest absolute Gasteiger partial charge is 0.0624 e. The van der Waals surface area contributed by atoms with Crippen LogP contribution in [0.4, 0.5) is 0 Å². The Labute approximate surface area is 99.5 Å². The average Bonchev–Trinajstić information content (AvgIpc) is 2.26. The van der Waals surface area contributed by atoms with E-state index in [1.165, 1.54) is 0 Å². The van der Waals surface area contributed by atoms with Gasteiger partial charge in [-0.15, -0.1) is 0 Å². The van der Waals surface area contributed by atoms with E-state index in [9.17, 15) is 0 Å². The molecule has 1 fully saturated rings. The van der Waals surface area contributed by atoms with E-state index in [4.69, 9.17) is 27.9 Å². The summed E-state index contributed by atoms with van der Waals surface area (Å²) < 4.78 is 5.39. The van der Waals surface area contributed by atoms with Gasteiger partial charge < -0.3 is 10.1 Å². The molecule has 1 aromatic rings. The zero-order chi connectivity index (χ0) is 10.7. The lowest BCUT2D eigenvalue weighted by Crippen LogP contribution is -2.42. The first-order valence-corrected chi connectivity index (χ1v) is 5.77. The Kier molecular flexibility index (Phi) is 3.87. The van der Waals surface area contributed by atoms with Gasteiger partial charge in [0.15, 0.2) is 0 Å². The lowest BCUT2D eigenvalue weighted by atomic mass is 10.1. The van der Waals surface area contributed by atoms with Crippen LogP contribution in [0.15, 0.2) is 18.2 Å². The zero-order valence-corrected chi connectivity index (χ0v) is 9.81. The van der Waals surface area contributed by atoms with Gasteiger partial charge in [0, 0.05) is 12.6 Å². The number of morpholine rings is 1. The summed E-state index contributed by atoms with van der Waals surface area (Å²) in [7, 11) is 0. The summed E-state index contributed by atoms with van der Waals surface area (Å²) in [6, 6.07) is 6.07. The SMILES string of the molecule is Clc1cccc(CC2COCCN2)c1Cl. The van der Waals surface area contributed by atoms with E-state index in [1.54, 1.807) is 6.07 Å². The maximum atomic E-state index is 6.11. The van der Waals surface area contributed by atoms with Crippen molar-refractivity contribution in [2.45, 2.75) is 12.5 Å². The molecule has 0 aromatic heterocycles. The fraction of sp³-hybridized carbons (Fsp3) is 0.455. The van der Waals surface area contributed by atoms with E-state index in [2.05, 4.69) is 5.32 Å². The summed E-state index contributed by atoms with van der Waals surface area (Å²) in [4.78, 5) is 0. The third-order valence-corrected chi connectivity index (χ3v) is 3.35. The molecule has 2 nitrogen and oxygen atoms in total. The first-order chi connectivity index (χ1) is 7.27. The second-order valence-electron chi connectivity index (χ2n) is 3.64. The number of nitrogens with one attached hydrogen (secondary N) is 1. The lowest BCUT2D eigenvalue weighted by molar-refractivity contribution is 0.0770. The highest BCUT2D eigenvalue weighted by Crippen LogP contribution is 2.26. The Bertz CT molecular complexity index is 337. The highest BCUT2D eigenvalue weighted by Gasteiger charge is 2.15. The summed E-state index contributed by atoms with van der Waals surface area (Å²) in [6.45, 7) is 2.44. The molecule has 2 rings (SSSR count). The molecule has 1 unspecified atom stereocenters. The highest BCUT2D eigenvalue weighted by molar-refractivity contribution is 6.42. The van der Waals surface area contributed by atoms with Crippen molar-refractivity contribution in [3.05, 3.63) is 33.8 Å². The van der Waals surface area contributed by atoms with Crippen LogP contribution in [0, 0.1) is 0 Å². The molecule has 0 bridgehead atoms. The summed E-state index contributed by atoms with van der Waals surface area (Å²) in [5.74, 6) is 0. The first kappa shape index (κ1) is 11.2. The van der Waals surface area contributed by atoms with Crippen molar-refractivity contribution in [1.29, 1.82) is 0 Å². The molecule has 1 heterocycles. The topological polar surface area (TPSA) is 21.3 Å².